The number of thiazole rings is 1. The summed E-state index contributed by atoms with van der Waals surface area (Å²) in [5.41, 5.74) is -0.291. The molecule has 40 heavy (non-hydrogen) atoms. The third-order valence-corrected chi connectivity index (χ3v) is 6.51. The molecule has 0 aliphatic carbocycles. The van der Waals surface area contributed by atoms with Crippen LogP contribution in [0.4, 0.5) is 18.9 Å². The van der Waals surface area contributed by atoms with Crippen molar-refractivity contribution in [3.05, 3.63) is 93.0 Å². The number of pyridine rings is 1. The van der Waals surface area contributed by atoms with Gasteiger partial charge in [-0.2, -0.15) is 22.7 Å². The molecule has 9 nitrogen and oxygen atoms in total. The van der Waals surface area contributed by atoms with Gasteiger partial charge in [0.05, 0.1) is 22.4 Å². The summed E-state index contributed by atoms with van der Waals surface area (Å²) in [4.78, 5) is 34.1. The molecule has 0 unspecified atom stereocenters. The van der Waals surface area contributed by atoms with Gasteiger partial charge in [0.15, 0.2) is 23.9 Å². The van der Waals surface area contributed by atoms with Crippen molar-refractivity contribution in [1.82, 2.24) is 19.6 Å². The SMILES string of the molecule is CCOc1cc(/C=c2\sc3nc(-c4ccncc4)nn3c2=O)ccc1OCC(=O)Nc1ccccc1C(F)(F)F. The number of carbonyl (C=O) groups is 1. The lowest BCUT2D eigenvalue weighted by atomic mass is 10.1. The molecule has 3 heterocycles. The second-order valence-electron chi connectivity index (χ2n) is 8.30. The van der Waals surface area contributed by atoms with Crippen LogP contribution in [0.2, 0.25) is 0 Å². The molecule has 0 bridgehead atoms. The van der Waals surface area contributed by atoms with Crippen molar-refractivity contribution in [2.75, 3.05) is 18.5 Å². The molecule has 1 N–H and O–H groups in total. The number of hydrogen-bond acceptors (Lipinski definition) is 8. The maximum Gasteiger partial charge on any atom is 0.418 e. The summed E-state index contributed by atoms with van der Waals surface area (Å²) in [6.07, 6.45) is 0.268. The minimum absolute atomic E-state index is 0.213. The quantitative estimate of drug-likeness (QED) is 0.300. The number of ether oxygens (including phenoxy) is 2. The van der Waals surface area contributed by atoms with Crippen LogP contribution in [0, 0.1) is 0 Å². The van der Waals surface area contributed by atoms with Gasteiger partial charge in [0, 0.05) is 18.0 Å². The molecule has 0 aliphatic rings. The summed E-state index contributed by atoms with van der Waals surface area (Å²) in [6, 6.07) is 13.0. The number of amides is 1. The Morgan fingerprint density at radius 2 is 1.85 bits per heavy atom. The van der Waals surface area contributed by atoms with E-state index in [0.29, 0.717) is 26.6 Å². The number of aromatic nitrogens is 4. The highest BCUT2D eigenvalue weighted by atomic mass is 32.1. The van der Waals surface area contributed by atoms with E-state index in [9.17, 15) is 22.8 Å². The smallest absolute Gasteiger partial charge is 0.418 e. The minimum Gasteiger partial charge on any atom is -0.490 e. The maximum atomic E-state index is 13.2. The zero-order valence-corrected chi connectivity index (χ0v) is 21.6. The van der Waals surface area contributed by atoms with Crippen LogP contribution in [0.25, 0.3) is 22.4 Å². The topological polar surface area (TPSA) is 108 Å². The van der Waals surface area contributed by atoms with Crippen LogP contribution in [0.1, 0.15) is 18.1 Å². The van der Waals surface area contributed by atoms with Gasteiger partial charge in [-0.25, -0.2) is 0 Å². The highest BCUT2D eigenvalue weighted by Crippen LogP contribution is 2.34. The number of hydrogen-bond donors (Lipinski definition) is 1. The molecular weight excluding hydrogens is 547 g/mol. The number of rotatable bonds is 8. The molecule has 0 aliphatic heterocycles. The highest BCUT2D eigenvalue weighted by Gasteiger charge is 2.33. The molecule has 0 atom stereocenters. The lowest BCUT2D eigenvalue weighted by molar-refractivity contribution is -0.137. The van der Waals surface area contributed by atoms with E-state index < -0.39 is 24.3 Å². The molecule has 204 valence electrons. The average Bonchev–Trinajstić information content (AvgIpc) is 3.47. The first kappa shape index (κ1) is 26.8. The Morgan fingerprint density at radius 3 is 2.58 bits per heavy atom. The van der Waals surface area contributed by atoms with Crippen LogP contribution >= 0.6 is 11.3 Å². The molecule has 5 aromatic rings. The number of fused-ring (bicyclic) bond motifs is 1. The fourth-order valence-electron chi connectivity index (χ4n) is 3.78. The summed E-state index contributed by atoms with van der Waals surface area (Å²) in [5.74, 6) is 0.159. The first-order valence-electron chi connectivity index (χ1n) is 11.9. The summed E-state index contributed by atoms with van der Waals surface area (Å²) < 4.78 is 52.4. The van der Waals surface area contributed by atoms with Gasteiger partial charge in [-0.1, -0.05) is 29.5 Å². The van der Waals surface area contributed by atoms with Crippen molar-refractivity contribution in [3.8, 4) is 22.9 Å². The molecular formula is C27H20F3N5O4S. The summed E-state index contributed by atoms with van der Waals surface area (Å²) in [6.45, 7) is 1.50. The number of para-hydroxylation sites is 1. The molecule has 5 rings (SSSR count). The third kappa shape index (κ3) is 5.78. The van der Waals surface area contributed by atoms with E-state index in [1.54, 1.807) is 55.7 Å². The summed E-state index contributed by atoms with van der Waals surface area (Å²) >= 11 is 1.18. The predicted octanol–water partition coefficient (Wildman–Crippen LogP) is 4.20. The van der Waals surface area contributed by atoms with Crippen LogP contribution < -0.4 is 24.9 Å². The Kier molecular flexibility index (Phi) is 7.47. The van der Waals surface area contributed by atoms with E-state index in [-0.39, 0.29) is 23.6 Å². The van der Waals surface area contributed by atoms with E-state index in [1.165, 1.54) is 34.1 Å². The fourth-order valence-corrected chi connectivity index (χ4v) is 4.69. The first-order valence-corrected chi connectivity index (χ1v) is 12.7. The maximum absolute atomic E-state index is 13.2. The van der Waals surface area contributed by atoms with Gasteiger partial charge in [0.25, 0.3) is 11.5 Å². The van der Waals surface area contributed by atoms with Crippen LogP contribution in [0.5, 0.6) is 11.5 Å². The molecule has 2 aromatic carbocycles. The summed E-state index contributed by atoms with van der Waals surface area (Å²) in [7, 11) is 0. The molecule has 0 saturated carbocycles. The minimum atomic E-state index is -4.62. The van der Waals surface area contributed by atoms with Crippen molar-refractivity contribution in [2.45, 2.75) is 13.1 Å². The fraction of sp³-hybridized carbons (Fsp3) is 0.148. The van der Waals surface area contributed by atoms with Crippen LogP contribution in [-0.4, -0.2) is 38.7 Å². The molecule has 3 aromatic heterocycles. The molecule has 0 fully saturated rings. The van der Waals surface area contributed by atoms with Crippen molar-refractivity contribution in [1.29, 1.82) is 0 Å². The van der Waals surface area contributed by atoms with E-state index in [4.69, 9.17) is 9.47 Å². The van der Waals surface area contributed by atoms with Crippen molar-refractivity contribution in [2.24, 2.45) is 0 Å². The van der Waals surface area contributed by atoms with Crippen molar-refractivity contribution in [3.63, 3.8) is 0 Å². The van der Waals surface area contributed by atoms with Gasteiger partial charge in [0.1, 0.15) is 0 Å². The van der Waals surface area contributed by atoms with Gasteiger partial charge >= 0.3 is 6.18 Å². The van der Waals surface area contributed by atoms with Gasteiger partial charge in [-0.3, -0.25) is 14.6 Å². The largest absolute Gasteiger partial charge is 0.490 e. The Labute approximate surface area is 228 Å². The molecule has 0 radical (unpaired) electrons. The molecule has 13 heteroatoms. The van der Waals surface area contributed by atoms with E-state index in [1.807, 2.05) is 0 Å². The van der Waals surface area contributed by atoms with E-state index in [0.717, 1.165) is 11.6 Å². The van der Waals surface area contributed by atoms with Gasteiger partial charge in [-0.05, 0) is 55.0 Å². The zero-order valence-electron chi connectivity index (χ0n) is 20.8. The Morgan fingerprint density at radius 1 is 1.07 bits per heavy atom. The number of alkyl halides is 3. The Balaban J connectivity index is 1.34. The Bertz CT molecular complexity index is 1790. The predicted molar refractivity (Wildman–Crippen MR) is 142 cm³/mol. The zero-order chi connectivity index (χ0) is 28.3. The number of nitrogens with one attached hydrogen (secondary N) is 1. The van der Waals surface area contributed by atoms with Gasteiger partial charge in [0.2, 0.25) is 4.96 Å². The van der Waals surface area contributed by atoms with E-state index in [2.05, 4.69) is 20.4 Å². The molecule has 0 saturated heterocycles. The standard InChI is InChI=1S/C27H20F3N5O4S/c1-2-38-21-13-16(14-22-25(37)35-26(40-22)33-24(34-35)17-9-11-31-12-10-17)7-8-20(21)39-15-23(36)32-19-6-4-3-5-18(19)27(28,29)30/h3-14H,2,15H2,1H3,(H,32,36)/b22-14-. The van der Waals surface area contributed by atoms with Crippen LogP contribution in [0.3, 0.4) is 0 Å². The lowest BCUT2D eigenvalue weighted by Crippen LogP contribution is -2.23. The van der Waals surface area contributed by atoms with Crippen molar-refractivity contribution < 1.29 is 27.4 Å². The van der Waals surface area contributed by atoms with Gasteiger partial charge < -0.3 is 14.8 Å². The number of anilines is 1. The first-order chi connectivity index (χ1) is 19.2. The number of nitrogens with zero attached hydrogens (tertiary/aromatic N) is 4. The van der Waals surface area contributed by atoms with Gasteiger partial charge in [-0.15, -0.1) is 5.10 Å². The molecule has 0 spiro atoms. The number of benzene rings is 2. The number of halogens is 3. The second kappa shape index (κ2) is 11.1. The lowest BCUT2D eigenvalue weighted by Gasteiger charge is -2.15. The van der Waals surface area contributed by atoms with E-state index >= 15 is 0 Å². The summed E-state index contributed by atoms with van der Waals surface area (Å²) in [5, 5.41) is 6.54. The van der Waals surface area contributed by atoms with Crippen molar-refractivity contribution >= 4 is 34.0 Å². The van der Waals surface area contributed by atoms with Crippen LogP contribution in [-0.2, 0) is 11.0 Å². The third-order valence-electron chi connectivity index (χ3n) is 5.55. The Hall–Kier alpha value is -4.78. The highest BCUT2D eigenvalue weighted by molar-refractivity contribution is 7.15. The monoisotopic (exact) mass is 567 g/mol. The number of carbonyl (C=O) groups excluding carboxylic acids is 1. The average molecular weight is 568 g/mol. The molecule has 1 amide bonds. The van der Waals surface area contributed by atoms with Crippen LogP contribution in [0.15, 0.2) is 71.8 Å². The second-order valence-corrected chi connectivity index (χ2v) is 9.31. The normalized spacial score (nSPS) is 12.1.